The lowest BCUT2D eigenvalue weighted by Gasteiger charge is -2.30. The Bertz CT molecular complexity index is 1220. The van der Waals surface area contributed by atoms with Crippen LogP contribution in [0.15, 0.2) is 54.9 Å². The van der Waals surface area contributed by atoms with Crippen LogP contribution in [0.4, 0.5) is 11.8 Å². The van der Waals surface area contributed by atoms with Gasteiger partial charge in [0.2, 0.25) is 5.95 Å². The summed E-state index contributed by atoms with van der Waals surface area (Å²) in [7, 11) is 4.05. The van der Waals surface area contributed by atoms with E-state index in [1.165, 1.54) is 5.56 Å². The highest BCUT2D eigenvalue weighted by atomic mass is 15.2. The molecule has 7 nitrogen and oxygen atoms in total. The summed E-state index contributed by atoms with van der Waals surface area (Å²) < 4.78 is 0. The van der Waals surface area contributed by atoms with Crippen molar-refractivity contribution in [3.05, 3.63) is 60.4 Å². The molecule has 0 atom stereocenters. The van der Waals surface area contributed by atoms with Crippen molar-refractivity contribution in [2.45, 2.75) is 44.3 Å². The highest BCUT2D eigenvalue weighted by Gasteiger charge is 2.22. The van der Waals surface area contributed by atoms with Crippen LogP contribution in [0.1, 0.15) is 31.2 Å². The third-order valence-corrected chi connectivity index (χ3v) is 6.20. The molecule has 0 saturated heterocycles. The van der Waals surface area contributed by atoms with Gasteiger partial charge in [-0.1, -0.05) is 18.2 Å². The normalized spacial score (nSPS) is 18.7. The molecule has 0 bridgehead atoms. The zero-order valence-corrected chi connectivity index (χ0v) is 18.6. The number of nitrogens with zero attached hydrogens (tertiary/aromatic N) is 5. The Morgan fingerprint density at radius 1 is 0.844 bits per heavy atom. The van der Waals surface area contributed by atoms with Gasteiger partial charge in [-0.3, -0.25) is 9.97 Å². The van der Waals surface area contributed by atoms with Crippen LogP contribution in [0.5, 0.6) is 0 Å². The second-order valence-electron chi connectivity index (χ2n) is 8.74. The number of aromatic nitrogens is 4. The van der Waals surface area contributed by atoms with Crippen molar-refractivity contribution < 1.29 is 0 Å². The lowest BCUT2D eigenvalue weighted by atomic mass is 9.91. The Kier molecular flexibility index (Phi) is 5.81. The van der Waals surface area contributed by atoms with Crippen molar-refractivity contribution in [1.82, 2.24) is 25.3 Å². The zero-order chi connectivity index (χ0) is 21.9. The first-order chi connectivity index (χ1) is 15.7. The number of nitrogens with one attached hydrogen (secondary N) is 2. The van der Waals surface area contributed by atoms with Gasteiger partial charge in [-0.2, -0.15) is 4.98 Å². The van der Waals surface area contributed by atoms with Crippen molar-refractivity contribution in [3.63, 3.8) is 0 Å². The summed E-state index contributed by atoms with van der Waals surface area (Å²) >= 11 is 0. The van der Waals surface area contributed by atoms with Gasteiger partial charge in [0.25, 0.3) is 0 Å². The molecule has 32 heavy (non-hydrogen) atoms. The molecule has 2 aromatic carbocycles. The maximum absolute atomic E-state index is 4.79. The largest absolute Gasteiger partial charge is 0.362 e. The maximum atomic E-state index is 4.79. The summed E-state index contributed by atoms with van der Waals surface area (Å²) in [5, 5.41) is 8.39. The monoisotopic (exact) mass is 427 g/mol. The van der Waals surface area contributed by atoms with Gasteiger partial charge in [-0.15, -0.1) is 0 Å². The van der Waals surface area contributed by atoms with E-state index in [9.17, 15) is 0 Å². The van der Waals surface area contributed by atoms with E-state index in [2.05, 4.69) is 38.8 Å². The average Bonchev–Trinajstić information content (AvgIpc) is 2.83. The molecule has 0 amide bonds. The van der Waals surface area contributed by atoms with E-state index in [0.29, 0.717) is 12.1 Å². The van der Waals surface area contributed by atoms with Crippen LogP contribution in [0.25, 0.3) is 21.9 Å². The fourth-order valence-electron chi connectivity index (χ4n) is 4.47. The van der Waals surface area contributed by atoms with Crippen LogP contribution < -0.4 is 15.5 Å². The summed E-state index contributed by atoms with van der Waals surface area (Å²) in [5.41, 5.74) is 4.12. The van der Waals surface area contributed by atoms with Gasteiger partial charge in [0, 0.05) is 50.5 Å². The minimum Gasteiger partial charge on any atom is -0.362 e. The number of anilines is 2. The standard InChI is InChI=1S/C25H29N7/c1-32(2)24-20-5-3-4-6-21(20)30-25(31-24)29-19-10-8-18(9-11-19)28-16-17-7-12-22-23(15-17)27-14-13-26-22/h3-7,12-15,18-19,28H,8-11,16H2,1-2H3,(H,29,30,31). The van der Waals surface area contributed by atoms with E-state index in [4.69, 9.17) is 9.97 Å². The Labute approximate surface area is 188 Å². The van der Waals surface area contributed by atoms with Gasteiger partial charge in [-0.25, -0.2) is 4.98 Å². The molecule has 1 aliphatic carbocycles. The predicted octanol–water partition coefficient (Wildman–Crippen LogP) is 4.15. The number of rotatable bonds is 6. The van der Waals surface area contributed by atoms with Crippen molar-refractivity contribution in [1.29, 1.82) is 0 Å². The summed E-state index contributed by atoms with van der Waals surface area (Å²) in [4.78, 5) is 20.4. The van der Waals surface area contributed by atoms with Crippen molar-refractivity contribution in [2.24, 2.45) is 0 Å². The third-order valence-electron chi connectivity index (χ3n) is 6.20. The first kappa shape index (κ1) is 20.6. The molecule has 2 N–H and O–H groups in total. The van der Waals surface area contributed by atoms with Gasteiger partial charge in [-0.05, 0) is 55.5 Å². The highest BCUT2D eigenvalue weighted by molar-refractivity contribution is 5.90. The van der Waals surface area contributed by atoms with Gasteiger partial charge in [0.05, 0.1) is 16.6 Å². The summed E-state index contributed by atoms with van der Waals surface area (Å²) in [6.45, 7) is 0.856. The number of fused-ring (bicyclic) bond motifs is 2. The summed E-state index contributed by atoms with van der Waals surface area (Å²) in [6, 6.07) is 15.4. The van der Waals surface area contributed by atoms with Crippen LogP contribution in [0.3, 0.4) is 0 Å². The van der Waals surface area contributed by atoms with Crippen molar-refractivity contribution >= 4 is 33.7 Å². The summed E-state index contributed by atoms with van der Waals surface area (Å²) in [5.74, 6) is 1.68. The SMILES string of the molecule is CN(C)c1nc(NC2CCC(NCc3ccc4nccnc4c3)CC2)nc2ccccc12. The molecule has 0 unspecified atom stereocenters. The third kappa shape index (κ3) is 4.48. The van der Waals surface area contributed by atoms with Crippen molar-refractivity contribution in [3.8, 4) is 0 Å². The van der Waals surface area contributed by atoms with Gasteiger partial charge < -0.3 is 15.5 Å². The topological polar surface area (TPSA) is 78.9 Å². The van der Waals surface area contributed by atoms with E-state index in [1.807, 2.05) is 43.3 Å². The van der Waals surface area contributed by atoms with E-state index in [-0.39, 0.29) is 0 Å². The molecule has 0 radical (unpaired) electrons. The molecule has 2 aromatic heterocycles. The minimum atomic E-state index is 0.403. The average molecular weight is 428 g/mol. The van der Waals surface area contributed by atoms with Crippen LogP contribution >= 0.6 is 0 Å². The van der Waals surface area contributed by atoms with E-state index >= 15 is 0 Å². The molecular formula is C25H29N7. The second kappa shape index (κ2) is 9.04. The predicted molar refractivity (Wildman–Crippen MR) is 130 cm³/mol. The number of para-hydroxylation sites is 1. The maximum Gasteiger partial charge on any atom is 0.225 e. The van der Waals surface area contributed by atoms with Gasteiger partial charge >= 0.3 is 0 Å². The Balaban J connectivity index is 1.18. The first-order valence-electron chi connectivity index (χ1n) is 11.3. The molecule has 1 saturated carbocycles. The lowest BCUT2D eigenvalue weighted by Crippen LogP contribution is -2.37. The molecule has 4 aromatic rings. The number of hydrogen-bond donors (Lipinski definition) is 2. The zero-order valence-electron chi connectivity index (χ0n) is 18.6. The van der Waals surface area contributed by atoms with E-state index in [0.717, 1.165) is 65.9 Å². The molecule has 1 aliphatic rings. The molecule has 0 spiro atoms. The molecule has 1 fully saturated rings. The molecule has 5 rings (SSSR count). The van der Waals surface area contributed by atoms with E-state index < -0.39 is 0 Å². The molecule has 0 aliphatic heterocycles. The fraction of sp³-hybridized carbons (Fsp3) is 0.360. The number of hydrogen-bond acceptors (Lipinski definition) is 7. The Morgan fingerprint density at radius 3 is 2.41 bits per heavy atom. The van der Waals surface area contributed by atoms with Crippen LogP contribution in [-0.4, -0.2) is 46.1 Å². The Hall–Kier alpha value is -3.32. The van der Waals surface area contributed by atoms with E-state index in [1.54, 1.807) is 12.4 Å². The summed E-state index contributed by atoms with van der Waals surface area (Å²) in [6.07, 6.45) is 7.96. The molecule has 7 heteroatoms. The van der Waals surface area contributed by atoms with Gasteiger partial charge in [0.1, 0.15) is 5.82 Å². The minimum absolute atomic E-state index is 0.403. The quantitative estimate of drug-likeness (QED) is 0.478. The van der Waals surface area contributed by atoms with Gasteiger partial charge in [0.15, 0.2) is 0 Å². The highest BCUT2D eigenvalue weighted by Crippen LogP contribution is 2.26. The van der Waals surface area contributed by atoms with Crippen molar-refractivity contribution in [2.75, 3.05) is 24.3 Å². The number of benzene rings is 2. The Morgan fingerprint density at radius 2 is 1.59 bits per heavy atom. The molecule has 164 valence electrons. The fourth-order valence-corrected chi connectivity index (χ4v) is 4.47. The van der Waals surface area contributed by atoms with Crippen LogP contribution in [-0.2, 0) is 6.54 Å². The van der Waals surface area contributed by atoms with Crippen LogP contribution in [0.2, 0.25) is 0 Å². The van der Waals surface area contributed by atoms with Crippen LogP contribution in [0, 0.1) is 0 Å². The lowest BCUT2D eigenvalue weighted by molar-refractivity contribution is 0.352. The second-order valence-corrected chi connectivity index (χ2v) is 8.74. The molecule has 2 heterocycles. The first-order valence-corrected chi connectivity index (χ1v) is 11.3. The smallest absolute Gasteiger partial charge is 0.225 e. The molecular weight excluding hydrogens is 398 g/mol.